The highest BCUT2D eigenvalue weighted by Gasteiger charge is 2.13. The zero-order valence-electron chi connectivity index (χ0n) is 17.0. The second-order valence-electron chi connectivity index (χ2n) is 6.73. The van der Waals surface area contributed by atoms with E-state index in [9.17, 15) is 10.1 Å². The Morgan fingerprint density at radius 1 is 1.04 bits per heavy atom. The lowest BCUT2D eigenvalue weighted by Crippen LogP contribution is -2.17. The van der Waals surface area contributed by atoms with Crippen LogP contribution in [0, 0.1) is 11.3 Å². The van der Waals surface area contributed by atoms with E-state index >= 15 is 0 Å². The number of hydrogen-bond acceptors (Lipinski definition) is 3. The predicted molar refractivity (Wildman–Crippen MR) is 116 cm³/mol. The van der Waals surface area contributed by atoms with E-state index in [-0.39, 0.29) is 5.57 Å². The number of nitrogens with zero attached hydrogens (tertiary/aromatic N) is 1. The summed E-state index contributed by atoms with van der Waals surface area (Å²) in [5.41, 5.74) is 5.14. The van der Waals surface area contributed by atoms with Crippen molar-refractivity contribution in [3.8, 4) is 6.07 Å². The lowest BCUT2D eigenvalue weighted by molar-refractivity contribution is -0.112. The minimum atomic E-state index is -0.398. The molecule has 0 bridgehead atoms. The highest BCUT2D eigenvalue weighted by molar-refractivity contribution is 6.07. The van der Waals surface area contributed by atoms with Crippen molar-refractivity contribution in [3.05, 3.63) is 70.9 Å². The fraction of sp³-hybridized carbons (Fsp3) is 0.333. The van der Waals surface area contributed by atoms with Crippen LogP contribution in [0.1, 0.15) is 50.3 Å². The molecule has 0 aliphatic carbocycles. The first-order valence-corrected chi connectivity index (χ1v) is 10.0. The Labute approximate surface area is 168 Å². The molecule has 4 nitrogen and oxygen atoms in total. The Kier molecular flexibility index (Phi) is 8.30. The van der Waals surface area contributed by atoms with E-state index in [0.717, 1.165) is 41.8 Å². The monoisotopic (exact) mass is 375 g/mol. The molecule has 0 saturated carbocycles. The van der Waals surface area contributed by atoms with Crippen molar-refractivity contribution >= 4 is 17.3 Å². The standard InChI is InChI=1S/C24H29N3O/c1-4-7-9-18-12-14-22(15-13-18)26-17-21(16-25)24(28)27-23-19(5-2)10-8-11-20(23)6-3/h8,10-15,17,26H,4-7,9H2,1-3H3,(H,27,28)/b21-17-. The number of aryl methyl sites for hydroxylation is 3. The molecule has 0 aliphatic heterocycles. The summed E-state index contributed by atoms with van der Waals surface area (Å²) in [6.45, 7) is 6.28. The van der Waals surface area contributed by atoms with E-state index in [1.165, 1.54) is 24.6 Å². The maximum atomic E-state index is 12.6. The summed E-state index contributed by atoms with van der Waals surface area (Å²) >= 11 is 0. The van der Waals surface area contributed by atoms with Crippen LogP contribution in [0.25, 0.3) is 0 Å². The van der Waals surface area contributed by atoms with Gasteiger partial charge in [0.2, 0.25) is 0 Å². The van der Waals surface area contributed by atoms with Crippen LogP contribution in [-0.2, 0) is 24.1 Å². The van der Waals surface area contributed by atoms with E-state index < -0.39 is 5.91 Å². The summed E-state index contributed by atoms with van der Waals surface area (Å²) < 4.78 is 0. The molecule has 2 N–H and O–H groups in total. The molecule has 0 atom stereocenters. The zero-order chi connectivity index (χ0) is 20.4. The topological polar surface area (TPSA) is 64.9 Å². The fourth-order valence-electron chi connectivity index (χ4n) is 3.04. The number of carbonyl (C=O) groups excluding carboxylic acids is 1. The van der Waals surface area contributed by atoms with Crippen molar-refractivity contribution in [2.75, 3.05) is 10.6 Å². The molecule has 0 aromatic heterocycles. The van der Waals surface area contributed by atoms with Gasteiger partial charge in [-0.2, -0.15) is 5.26 Å². The van der Waals surface area contributed by atoms with Crippen LogP contribution in [0.5, 0.6) is 0 Å². The minimum absolute atomic E-state index is 0.0445. The Morgan fingerprint density at radius 2 is 1.68 bits per heavy atom. The van der Waals surface area contributed by atoms with Crippen molar-refractivity contribution in [2.24, 2.45) is 0 Å². The molecule has 28 heavy (non-hydrogen) atoms. The SMILES string of the molecule is CCCCc1ccc(N/C=C(/C#N)C(=O)Nc2c(CC)cccc2CC)cc1. The van der Waals surface area contributed by atoms with Gasteiger partial charge in [-0.05, 0) is 54.5 Å². The van der Waals surface area contributed by atoms with Gasteiger partial charge in [-0.1, -0.05) is 57.5 Å². The number of unbranched alkanes of at least 4 members (excludes halogenated alkanes) is 1. The second-order valence-corrected chi connectivity index (χ2v) is 6.73. The molecule has 0 unspecified atom stereocenters. The van der Waals surface area contributed by atoms with Crippen LogP contribution in [0.4, 0.5) is 11.4 Å². The Balaban J connectivity index is 2.10. The molecular formula is C24H29N3O. The first-order chi connectivity index (χ1) is 13.6. The van der Waals surface area contributed by atoms with Gasteiger partial charge in [0.15, 0.2) is 0 Å². The molecule has 146 valence electrons. The molecule has 0 saturated heterocycles. The summed E-state index contributed by atoms with van der Waals surface area (Å²) in [5.74, 6) is -0.398. The van der Waals surface area contributed by atoms with Crippen LogP contribution in [-0.4, -0.2) is 5.91 Å². The van der Waals surface area contributed by atoms with E-state index in [2.05, 4.69) is 43.5 Å². The van der Waals surface area contributed by atoms with Gasteiger partial charge in [0, 0.05) is 17.6 Å². The van der Waals surface area contributed by atoms with Crippen LogP contribution < -0.4 is 10.6 Å². The van der Waals surface area contributed by atoms with Crippen molar-refractivity contribution in [1.29, 1.82) is 5.26 Å². The van der Waals surface area contributed by atoms with E-state index in [1.807, 2.05) is 36.4 Å². The number of carbonyl (C=O) groups is 1. The highest BCUT2D eigenvalue weighted by Crippen LogP contribution is 2.23. The van der Waals surface area contributed by atoms with Gasteiger partial charge >= 0.3 is 0 Å². The van der Waals surface area contributed by atoms with Crippen molar-refractivity contribution in [3.63, 3.8) is 0 Å². The lowest BCUT2D eigenvalue weighted by Gasteiger charge is -2.14. The molecular weight excluding hydrogens is 346 g/mol. The van der Waals surface area contributed by atoms with Gasteiger partial charge in [-0.3, -0.25) is 4.79 Å². The molecule has 0 fully saturated rings. The third kappa shape index (κ3) is 5.72. The number of rotatable bonds is 9. The maximum absolute atomic E-state index is 12.6. The Hall–Kier alpha value is -3.06. The summed E-state index contributed by atoms with van der Waals surface area (Å²) in [4.78, 5) is 12.6. The third-order valence-electron chi connectivity index (χ3n) is 4.76. The van der Waals surface area contributed by atoms with Gasteiger partial charge in [0.1, 0.15) is 11.6 Å². The first-order valence-electron chi connectivity index (χ1n) is 10.0. The average molecular weight is 376 g/mol. The largest absolute Gasteiger partial charge is 0.360 e. The molecule has 1 amide bonds. The summed E-state index contributed by atoms with van der Waals surface area (Å²) in [6, 6.07) is 16.1. The number of nitrogens with one attached hydrogen (secondary N) is 2. The number of amides is 1. The van der Waals surface area contributed by atoms with Crippen molar-refractivity contribution in [2.45, 2.75) is 52.9 Å². The molecule has 4 heteroatoms. The first kappa shape index (κ1) is 21.2. The van der Waals surface area contributed by atoms with Crippen LogP contribution in [0.2, 0.25) is 0 Å². The smallest absolute Gasteiger partial charge is 0.267 e. The average Bonchev–Trinajstić information content (AvgIpc) is 2.73. The minimum Gasteiger partial charge on any atom is -0.360 e. The summed E-state index contributed by atoms with van der Waals surface area (Å²) in [5, 5.41) is 15.4. The van der Waals surface area contributed by atoms with Gasteiger partial charge in [0.05, 0.1) is 0 Å². The quantitative estimate of drug-likeness (QED) is 0.442. The molecule has 2 aromatic rings. The van der Waals surface area contributed by atoms with E-state index in [0.29, 0.717) is 0 Å². The van der Waals surface area contributed by atoms with Crippen LogP contribution >= 0.6 is 0 Å². The normalized spacial score (nSPS) is 11.0. The molecule has 0 aliphatic rings. The molecule has 2 aromatic carbocycles. The fourth-order valence-corrected chi connectivity index (χ4v) is 3.04. The molecule has 0 spiro atoms. The van der Waals surface area contributed by atoms with E-state index in [4.69, 9.17) is 0 Å². The van der Waals surface area contributed by atoms with Crippen molar-refractivity contribution in [1.82, 2.24) is 0 Å². The second kappa shape index (κ2) is 10.9. The number of hydrogen-bond donors (Lipinski definition) is 2. The number of benzene rings is 2. The van der Waals surface area contributed by atoms with Gasteiger partial charge in [0.25, 0.3) is 5.91 Å². The Bertz CT molecular complexity index is 838. The molecule has 0 radical (unpaired) electrons. The maximum Gasteiger partial charge on any atom is 0.267 e. The summed E-state index contributed by atoms with van der Waals surface area (Å²) in [7, 11) is 0. The van der Waals surface area contributed by atoms with Gasteiger partial charge in [-0.15, -0.1) is 0 Å². The number of anilines is 2. The number of para-hydroxylation sites is 1. The predicted octanol–water partition coefficient (Wildman–Crippen LogP) is 5.61. The van der Waals surface area contributed by atoms with Crippen molar-refractivity contribution < 1.29 is 4.79 Å². The summed E-state index contributed by atoms with van der Waals surface area (Å²) in [6.07, 6.45) is 6.51. The highest BCUT2D eigenvalue weighted by atomic mass is 16.1. The van der Waals surface area contributed by atoms with Crippen LogP contribution in [0.3, 0.4) is 0 Å². The lowest BCUT2D eigenvalue weighted by atomic mass is 10.0. The van der Waals surface area contributed by atoms with Gasteiger partial charge in [-0.25, -0.2) is 0 Å². The van der Waals surface area contributed by atoms with E-state index in [1.54, 1.807) is 0 Å². The Morgan fingerprint density at radius 3 is 2.21 bits per heavy atom. The number of nitriles is 1. The molecule has 2 rings (SSSR count). The molecule has 0 heterocycles. The third-order valence-corrected chi connectivity index (χ3v) is 4.76. The van der Waals surface area contributed by atoms with Crippen LogP contribution in [0.15, 0.2) is 54.2 Å². The van der Waals surface area contributed by atoms with Gasteiger partial charge < -0.3 is 10.6 Å². The zero-order valence-corrected chi connectivity index (χ0v) is 17.0.